The molecule has 13 fully saturated rings. The van der Waals surface area contributed by atoms with Gasteiger partial charge in [0.2, 0.25) is 0 Å². The van der Waals surface area contributed by atoms with Gasteiger partial charge in [0.1, 0.15) is 11.8 Å². The monoisotopic (exact) mass is 935 g/mol. The van der Waals surface area contributed by atoms with E-state index in [0.717, 1.165) is 110 Å². The fourth-order valence-corrected chi connectivity index (χ4v) is 11.8. The van der Waals surface area contributed by atoms with Crippen LogP contribution in [0.1, 0.15) is 58.3 Å². The molecule has 13 aliphatic rings. The summed E-state index contributed by atoms with van der Waals surface area (Å²) >= 11 is 0. The molecule has 13 rings (SSSR count). The van der Waals surface area contributed by atoms with Crippen LogP contribution < -0.4 is 10.6 Å². The number of piperidine rings is 12. The first-order valence-corrected chi connectivity index (χ1v) is 24.3. The van der Waals surface area contributed by atoms with Crippen LogP contribution in [0.2, 0.25) is 0 Å². The number of Topliss-reactive ketones (excluding diaryl/α,β-unsaturated/α-hetero) is 1. The highest BCUT2D eigenvalue weighted by Gasteiger charge is 2.45. The van der Waals surface area contributed by atoms with Crippen LogP contribution >= 0.6 is 0 Å². The molecule has 13 heterocycles. The van der Waals surface area contributed by atoms with Gasteiger partial charge in [0.25, 0.3) is 5.91 Å². The van der Waals surface area contributed by atoms with E-state index in [4.69, 9.17) is 28.4 Å². The Morgan fingerprint density at radius 1 is 0.621 bits per heavy atom. The molecule has 16 atom stereocenters. The van der Waals surface area contributed by atoms with Crippen molar-refractivity contribution in [2.75, 3.05) is 135 Å². The Morgan fingerprint density at radius 2 is 1.09 bits per heavy atom. The molecule has 0 aliphatic carbocycles. The number of nitrogens with zero attached hydrogens (tertiary/aromatic N) is 4. The van der Waals surface area contributed by atoms with Crippen LogP contribution in [0.3, 0.4) is 0 Å². The van der Waals surface area contributed by atoms with Crippen molar-refractivity contribution in [3.8, 4) is 0 Å². The van der Waals surface area contributed by atoms with Gasteiger partial charge >= 0.3 is 18.0 Å². The third kappa shape index (κ3) is 14.5. The molecule has 0 spiro atoms. The molecule has 0 aromatic rings. The number of esters is 2. The number of urea groups is 1. The van der Waals surface area contributed by atoms with Gasteiger partial charge in [-0.05, 0) is 108 Å². The first kappa shape index (κ1) is 53.9. The van der Waals surface area contributed by atoms with E-state index in [9.17, 15) is 24.0 Å². The molecular formula is C48H82N6O12. The lowest BCUT2D eigenvalue weighted by Gasteiger charge is -2.48. The van der Waals surface area contributed by atoms with E-state index in [0.29, 0.717) is 60.9 Å². The summed E-state index contributed by atoms with van der Waals surface area (Å²) in [6.45, 7) is 17.9. The summed E-state index contributed by atoms with van der Waals surface area (Å²) < 4.78 is 35.4. The number of methoxy groups -OCH3 is 6. The Hall–Kier alpha value is -3.07. The summed E-state index contributed by atoms with van der Waals surface area (Å²) in [5.41, 5.74) is 0. The molecule has 18 heteroatoms. The number of rotatable bonds is 14. The van der Waals surface area contributed by atoms with Crippen molar-refractivity contribution >= 4 is 29.7 Å². The first-order chi connectivity index (χ1) is 31.9. The maximum atomic E-state index is 11.8. The standard InChI is InChI=1S/C12H21NO3.C11H19NO3.C11H19NO.C9H15NO2.C5H8N2O3/c1-3-16-12(14)11-7-13-5-4-9(11)6-10(13)8-15-2;1-14-7-9-5-8-3-4-12(9)6-10(8)11(13)15-2;1-3-9-7-12-5-4-10(9)6-11(12)8-13-2;1-12-6-8-4-7-2-3-10(8)5-9(7)11;1-10-2-3-4(8)7-5(9)6-3/h9-11H,3-8H2,1-2H3;8-10H,3-7H2,1-2H3;3,9-11H,1,4-8H2,2H3;7-8H,2-6H2,1H3;3H,2H2,1H3,(H2,6,7,8,9). The fraction of sp³-hybridized carbons (Fsp3) is 0.854. The van der Waals surface area contributed by atoms with Gasteiger partial charge in [0.05, 0.1) is 65.1 Å². The summed E-state index contributed by atoms with van der Waals surface area (Å²) in [6, 6.07) is 1.24. The summed E-state index contributed by atoms with van der Waals surface area (Å²) in [6.07, 6.45) is 11.3. The molecule has 376 valence electrons. The van der Waals surface area contributed by atoms with E-state index >= 15 is 0 Å². The van der Waals surface area contributed by atoms with Crippen LogP contribution in [0, 0.1) is 41.4 Å². The summed E-state index contributed by atoms with van der Waals surface area (Å²) in [5, 5.41) is 4.46. The lowest BCUT2D eigenvalue weighted by atomic mass is 9.76. The predicted octanol–water partition coefficient (Wildman–Crippen LogP) is 2.09. The Balaban J connectivity index is 0.000000156. The van der Waals surface area contributed by atoms with Gasteiger partial charge < -0.3 is 38.5 Å². The van der Waals surface area contributed by atoms with Gasteiger partial charge in [-0.2, -0.15) is 0 Å². The smallest absolute Gasteiger partial charge is 0.322 e. The fourth-order valence-electron chi connectivity index (χ4n) is 11.8. The van der Waals surface area contributed by atoms with Crippen molar-refractivity contribution in [3.63, 3.8) is 0 Å². The van der Waals surface area contributed by atoms with Crippen molar-refractivity contribution in [1.29, 1.82) is 0 Å². The quantitative estimate of drug-likeness (QED) is 0.146. The molecule has 0 saturated carbocycles. The number of hydrogen-bond acceptors (Lipinski definition) is 16. The maximum absolute atomic E-state index is 11.8. The van der Waals surface area contributed by atoms with Crippen LogP contribution in [0.25, 0.3) is 0 Å². The predicted molar refractivity (Wildman–Crippen MR) is 247 cm³/mol. The van der Waals surface area contributed by atoms with Crippen LogP contribution in [0.5, 0.6) is 0 Å². The highest BCUT2D eigenvalue weighted by atomic mass is 16.5. The molecule has 13 aliphatic heterocycles. The van der Waals surface area contributed by atoms with Crippen LogP contribution in [-0.4, -0.2) is 214 Å². The van der Waals surface area contributed by atoms with Crippen molar-refractivity contribution in [2.45, 2.75) is 88.5 Å². The van der Waals surface area contributed by atoms with Crippen molar-refractivity contribution < 1.29 is 57.1 Å². The first-order valence-electron chi connectivity index (χ1n) is 24.3. The summed E-state index contributed by atoms with van der Waals surface area (Å²) in [4.78, 5) is 65.3. The van der Waals surface area contributed by atoms with Crippen molar-refractivity contribution in [2.24, 2.45) is 41.4 Å². The van der Waals surface area contributed by atoms with Gasteiger partial charge in [0, 0.05) is 85.3 Å². The van der Waals surface area contributed by atoms with E-state index in [1.165, 1.54) is 40.2 Å². The average Bonchev–Trinajstić information content (AvgIpc) is 3.66. The Morgan fingerprint density at radius 3 is 1.45 bits per heavy atom. The number of imide groups is 1. The van der Waals surface area contributed by atoms with E-state index in [1.54, 1.807) is 28.4 Å². The van der Waals surface area contributed by atoms with E-state index in [1.807, 2.05) is 6.92 Å². The molecular weight excluding hydrogens is 853 g/mol. The van der Waals surface area contributed by atoms with Crippen molar-refractivity contribution in [3.05, 3.63) is 12.7 Å². The summed E-state index contributed by atoms with van der Waals surface area (Å²) in [5.74, 6) is 3.22. The van der Waals surface area contributed by atoms with Crippen LogP contribution in [0.15, 0.2) is 12.7 Å². The molecule has 16 unspecified atom stereocenters. The second kappa shape index (κ2) is 27.2. The number of carbonyl (C=O) groups excluding carboxylic acids is 5. The minimum atomic E-state index is -0.516. The normalized spacial score (nSPS) is 37.5. The highest BCUT2D eigenvalue weighted by Crippen LogP contribution is 2.39. The molecule has 0 aromatic carbocycles. The second-order valence-electron chi connectivity index (χ2n) is 19.3. The topological polar surface area (TPSA) is 187 Å². The lowest BCUT2D eigenvalue weighted by Crippen LogP contribution is -2.56. The molecule has 0 aromatic heterocycles. The lowest BCUT2D eigenvalue weighted by molar-refractivity contribution is -0.157. The number of ether oxygens (including phenoxy) is 7. The Labute approximate surface area is 393 Å². The summed E-state index contributed by atoms with van der Waals surface area (Å²) in [7, 11) is 9.96. The zero-order chi connectivity index (χ0) is 47.8. The number of carbonyl (C=O) groups is 5. The van der Waals surface area contributed by atoms with E-state index in [2.05, 4.69) is 47.6 Å². The number of ketones is 1. The third-order valence-electron chi connectivity index (χ3n) is 15.4. The van der Waals surface area contributed by atoms with Crippen molar-refractivity contribution in [1.82, 2.24) is 30.2 Å². The van der Waals surface area contributed by atoms with Crippen LogP contribution in [0.4, 0.5) is 4.79 Å². The van der Waals surface area contributed by atoms with Crippen LogP contribution in [-0.2, 0) is 52.3 Å². The van der Waals surface area contributed by atoms with Gasteiger partial charge in [-0.15, -0.1) is 6.58 Å². The second-order valence-corrected chi connectivity index (χ2v) is 19.3. The third-order valence-corrected chi connectivity index (χ3v) is 15.4. The Kier molecular flexibility index (Phi) is 22.2. The number of hydrogen-bond donors (Lipinski definition) is 2. The molecule has 13 saturated heterocycles. The zero-order valence-corrected chi connectivity index (χ0v) is 41.0. The zero-order valence-electron chi connectivity index (χ0n) is 41.0. The number of amides is 3. The average molecular weight is 935 g/mol. The van der Waals surface area contributed by atoms with Gasteiger partial charge in [-0.1, -0.05) is 6.08 Å². The van der Waals surface area contributed by atoms with Gasteiger partial charge in [-0.25, -0.2) is 4.79 Å². The SMILES string of the molecule is C=CC1CN2CCC1CC2COC.CCOC(=O)C1CN2CCC1CC2COC.COCC1CC2CCN1CC2=O.COCC1CC2CCN1CC2C(=O)OC.COCC1NC(=O)NC1=O. The molecule has 0 radical (unpaired) electrons. The van der Waals surface area contributed by atoms with Gasteiger partial charge in [-0.3, -0.25) is 44.1 Å². The molecule has 8 bridgehead atoms. The molecule has 3 amide bonds. The van der Waals surface area contributed by atoms with Gasteiger partial charge in [0.15, 0.2) is 0 Å². The highest BCUT2D eigenvalue weighted by molar-refractivity contribution is 6.04. The van der Waals surface area contributed by atoms with E-state index in [-0.39, 0.29) is 36.3 Å². The molecule has 2 N–H and O–H groups in total. The van der Waals surface area contributed by atoms with E-state index < -0.39 is 12.1 Å². The molecule has 66 heavy (non-hydrogen) atoms. The number of fused-ring (bicyclic) bond motifs is 12. The largest absolute Gasteiger partial charge is 0.469 e. The minimum absolute atomic E-state index is 0.00642. The maximum Gasteiger partial charge on any atom is 0.322 e. The molecule has 18 nitrogen and oxygen atoms in total. The minimum Gasteiger partial charge on any atom is -0.469 e. The Bertz CT molecular complexity index is 1580. The number of nitrogens with one attached hydrogen (secondary N) is 2.